The van der Waals surface area contributed by atoms with Crippen LogP contribution in [0, 0.1) is 18.6 Å². The lowest BCUT2D eigenvalue weighted by atomic mass is 9.94. The number of hydrogen-bond donors (Lipinski definition) is 3. The summed E-state index contributed by atoms with van der Waals surface area (Å²) in [5.41, 5.74) is -1.58. The van der Waals surface area contributed by atoms with Gasteiger partial charge >= 0.3 is 18.3 Å². The molecule has 0 bridgehead atoms. The molecule has 0 unspecified atom stereocenters. The zero-order chi connectivity index (χ0) is 40.4. The van der Waals surface area contributed by atoms with Crippen LogP contribution in [-0.2, 0) is 27.5 Å². The number of methoxy groups -OCH3 is 1. The highest BCUT2D eigenvalue weighted by atomic mass is 19.4. The minimum Gasteiger partial charge on any atom is -0.494 e. The van der Waals surface area contributed by atoms with E-state index < -0.39 is 53.0 Å². The number of nitrogens with zero attached hydrogens (tertiary/aromatic N) is 3. The van der Waals surface area contributed by atoms with Gasteiger partial charge in [-0.1, -0.05) is 18.2 Å². The Bertz CT molecular complexity index is 2280. The number of alkyl halides is 6. The summed E-state index contributed by atoms with van der Waals surface area (Å²) in [5.74, 6) is -6.35. The third-order valence-electron chi connectivity index (χ3n) is 8.59. The van der Waals surface area contributed by atoms with E-state index in [1.54, 1.807) is 14.0 Å². The molecule has 0 spiro atoms. The highest BCUT2D eigenvalue weighted by Gasteiger charge is 2.39. The molecule has 292 valence electrons. The molecule has 1 saturated heterocycles. The summed E-state index contributed by atoms with van der Waals surface area (Å²) in [6.07, 6.45) is -5.07. The predicted octanol–water partition coefficient (Wildman–Crippen LogP) is 7.00. The molecule has 0 aliphatic carbocycles. The fraction of sp³-hybridized carbons (Fsp3) is 0.278. The summed E-state index contributed by atoms with van der Waals surface area (Å²) >= 11 is 0. The number of carboxylic acids is 1. The van der Waals surface area contributed by atoms with Crippen molar-refractivity contribution in [2.45, 2.75) is 31.7 Å². The molecule has 0 saturated carbocycles. The Balaban J connectivity index is 0.000000757. The minimum atomic E-state index is -5.08. The van der Waals surface area contributed by atoms with Gasteiger partial charge in [-0.05, 0) is 49.2 Å². The number of rotatable bonds is 8. The number of nitrogens with one attached hydrogen (secondary N) is 2. The minimum absolute atomic E-state index is 0.0913. The molecule has 6 rings (SSSR count). The second-order valence-electron chi connectivity index (χ2n) is 12.1. The Morgan fingerprint density at radius 2 is 1.73 bits per heavy atom. The average molecular weight is 782 g/mol. The molecule has 1 aliphatic rings. The number of carbonyl (C=O) groups excluding carboxylic acids is 2. The zero-order valence-electron chi connectivity index (χ0n) is 29.0. The van der Waals surface area contributed by atoms with Crippen LogP contribution in [0.1, 0.15) is 28.2 Å². The maximum atomic E-state index is 15.1. The van der Waals surface area contributed by atoms with Crippen molar-refractivity contribution in [2.75, 3.05) is 32.2 Å². The number of ether oxygens (including phenoxy) is 2. The number of aliphatic carboxylic acids is 1. The van der Waals surface area contributed by atoms with Crippen LogP contribution in [0.25, 0.3) is 33.1 Å². The lowest BCUT2D eigenvalue weighted by molar-refractivity contribution is -0.192. The lowest BCUT2D eigenvalue weighted by Gasteiger charge is -2.18. The Labute approximate surface area is 306 Å². The number of aromatic nitrogens is 3. The van der Waals surface area contributed by atoms with Crippen molar-refractivity contribution < 1.29 is 64.1 Å². The summed E-state index contributed by atoms with van der Waals surface area (Å²) < 4.78 is 119. The Hall–Kier alpha value is -5.82. The van der Waals surface area contributed by atoms with Gasteiger partial charge in [0.25, 0.3) is 5.91 Å². The molecule has 5 aromatic rings. The van der Waals surface area contributed by atoms with E-state index in [0.29, 0.717) is 25.6 Å². The molecule has 1 aliphatic heterocycles. The van der Waals surface area contributed by atoms with Crippen LogP contribution in [0.2, 0.25) is 0 Å². The van der Waals surface area contributed by atoms with Crippen molar-refractivity contribution in [1.29, 1.82) is 0 Å². The first-order valence-corrected chi connectivity index (χ1v) is 16.2. The van der Waals surface area contributed by atoms with Crippen molar-refractivity contribution in [2.24, 2.45) is 7.05 Å². The van der Waals surface area contributed by atoms with E-state index in [1.165, 1.54) is 48.2 Å². The SMILES string of the molecule is COc1c(-c2cccc3c2ccn3C(=O)c2cc(F)c(NC(=O)/C=C/CN[C@H]3CCOC3)c(F)c2)c(C(F)(F)F)cc2c1nc(C)n2C.O=C(O)C(F)(F)F. The molecule has 3 heterocycles. The molecule has 3 N–H and O–H groups in total. The van der Waals surface area contributed by atoms with Crippen molar-refractivity contribution >= 4 is 45.4 Å². The van der Waals surface area contributed by atoms with Crippen molar-refractivity contribution in [3.63, 3.8) is 0 Å². The Kier molecular flexibility index (Phi) is 11.7. The molecule has 0 radical (unpaired) electrons. The van der Waals surface area contributed by atoms with Crippen molar-refractivity contribution in [3.8, 4) is 16.9 Å². The van der Waals surface area contributed by atoms with Crippen LogP contribution >= 0.6 is 0 Å². The van der Waals surface area contributed by atoms with Crippen LogP contribution in [0.3, 0.4) is 0 Å². The quantitative estimate of drug-likeness (QED) is 0.113. The summed E-state index contributed by atoms with van der Waals surface area (Å²) in [4.78, 5) is 39.2. The number of aryl methyl sites for hydroxylation is 2. The molecule has 1 amide bonds. The van der Waals surface area contributed by atoms with Gasteiger partial charge in [0.2, 0.25) is 5.91 Å². The number of anilines is 1. The fourth-order valence-electron chi connectivity index (χ4n) is 5.88. The van der Waals surface area contributed by atoms with E-state index in [0.717, 1.165) is 35.3 Å². The van der Waals surface area contributed by atoms with Crippen molar-refractivity contribution in [1.82, 2.24) is 19.4 Å². The van der Waals surface area contributed by atoms with Crippen LogP contribution < -0.4 is 15.4 Å². The van der Waals surface area contributed by atoms with Gasteiger partial charge in [0.1, 0.15) is 17.0 Å². The topological polar surface area (TPSA) is 137 Å². The molecule has 19 heteroatoms. The second kappa shape index (κ2) is 15.9. The van der Waals surface area contributed by atoms with Gasteiger partial charge < -0.3 is 29.8 Å². The third-order valence-corrected chi connectivity index (χ3v) is 8.59. The van der Waals surface area contributed by atoms with Gasteiger partial charge in [0.05, 0.1) is 30.3 Å². The largest absolute Gasteiger partial charge is 0.494 e. The summed E-state index contributed by atoms with van der Waals surface area (Å²) in [7, 11) is 2.86. The number of fused-ring (bicyclic) bond motifs is 2. The number of imidazole rings is 1. The smallest absolute Gasteiger partial charge is 0.490 e. The number of benzene rings is 3. The van der Waals surface area contributed by atoms with E-state index in [2.05, 4.69) is 15.6 Å². The Morgan fingerprint density at radius 1 is 1.05 bits per heavy atom. The standard InChI is InChI=1S/C34H30F5N5O4.C2HF3O2/c1-18-41-31-27(43(18)2)16-23(34(37,38)39)29(32(31)47-3)22-6-4-7-26-21(22)9-12-44(26)33(46)19-14-24(35)30(25(36)15-19)42-28(45)8-5-11-40-20-10-13-48-17-20;3-2(4,5)1(6)7/h4-9,12,14-16,20,40H,10-11,13,17H2,1-3H3,(H,42,45);(H,6,7)/b8-5+;/t20-;/m0./s1. The lowest BCUT2D eigenvalue weighted by Crippen LogP contribution is -2.29. The van der Waals surface area contributed by atoms with Crippen LogP contribution in [0.4, 0.5) is 40.8 Å². The number of halogens is 8. The molecule has 55 heavy (non-hydrogen) atoms. The molecular weight excluding hydrogens is 750 g/mol. The number of hydrogen-bond acceptors (Lipinski definition) is 7. The van der Waals surface area contributed by atoms with Gasteiger partial charge in [0, 0.05) is 55.0 Å². The number of amides is 1. The summed E-state index contributed by atoms with van der Waals surface area (Å²) in [6, 6.07) is 8.63. The van der Waals surface area contributed by atoms with Gasteiger partial charge in [-0.25, -0.2) is 18.6 Å². The molecule has 1 fully saturated rings. The number of carboxylic acid groups (broad SMARTS) is 1. The first-order valence-electron chi connectivity index (χ1n) is 16.2. The van der Waals surface area contributed by atoms with Gasteiger partial charge in [0.15, 0.2) is 17.4 Å². The van der Waals surface area contributed by atoms with E-state index in [-0.39, 0.29) is 50.4 Å². The van der Waals surface area contributed by atoms with Gasteiger partial charge in [-0.3, -0.25) is 14.2 Å². The molecule has 1 atom stereocenters. The summed E-state index contributed by atoms with van der Waals surface area (Å²) in [5, 5.41) is 12.7. The van der Waals surface area contributed by atoms with Crippen LogP contribution in [0.15, 0.2) is 60.8 Å². The molecule has 2 aromatic heterocycles. The van der Waals surface area contributed by atoms with Gasteiger partial charge in [-0.2, -0.15) is 26.3 Å². The average Bonchev–Trinajstić information content (AvgIpc) is 3.86. The summed E-state index contributed by atoms with van der Waals surface area (Å²) in [6.45, 7) is 3.24. The number of carbonyl (C=O) groups is 3. The van der Waals surface area contributed by atoms with E-state index in [1.807, 2.05) is 0 Å². The Morgan fingerprint density at radius 3 is 2.31 bits per heavy atom. The zero-order valence-corrected chi connectivity index (χ0v) is 29.0. The van der Waals surface area contributed by atoms with E-state index >= 15 is 8.78 Å². The maximum Gasteiger partial charge on any atom is 0.490 e. The fourth-order valence-corrected chi connectivity index (χ4v) is 5.88. The monoisotopic (exact) mass is 781 g/mol. The third kappa shape index (κ3) is 8.62. The predicted molar refractivity (Wildman–Crippen MR) is 183 cm³/mol. The van der Waals surface area contributed by atoms with Crippen LogP contribution in [0.5, 0.6) is 5.75 Å². The second-order valence-corrected chi connectivity index (χ2v) is 12.1. The first-order chi connectivity index (χ1) is 25.8. The molecule has 3 aromatic carbocycles. The van der Waals surface area contributed by atoms with E-state index in [9.17, 15) is 35.9 Å². The molecule has 11 nitrogen and oxygen atoms in total. The first kappa shape index (κ1) is 40.4. The highest BCUT2D eigenvalue weighted by molar-refractivity contribution is 6.08. The van der Waals surface area contributed by atoms with E-state index in [4.69, 9.17) is 19.4 Å². The van der Waals surface area contributed by atoms with Crippen LogP contribution in [-0.4, -0.2) is 76.1 Å². The normalized spacial score (nSPS) is 14.7. The highest BCUT2D eigenvalue weighted by Crippen LogP contribution is 2.48. The molecular formula is C36H31F8N5O6. The van der Waals surface area contributed by atoms with Crippen molar-refractivity contribution in [3.05, 3.63) is 89.4 Å². The van der Waals surface area contributed by atoms with Gasteiger partial charge in [-0.15, -0.1) is 0 Å². The maximum absolute atomic E-state index is 15.1.